The van der Waals surface area contributed by atoms with Crippen LogP contribution in [0.1, 0.15) is 37.1 Å². The first-order valence-electron chi connectivity index (χ1n) is 12.9. The minimum atomic E-state index is -4.49. The van der Waals surface area contributed by atoms with Crippen LogP contribution in [0.15, 0.2) is 54.6 Å². The van der Waals surface area contributed by atoms with Gasteiger partial charge in [-0.1, -0.05) is 42.5 Å². The maximum atomic E-state index is 13.6. The summed E-state index contributed by atoms with van der Waals surface area (Å²) < 4.78 is 42.2. The van der Waals surface area contributed by atoms with Gasteiger partial charge in [0.1, 0.15) is 0 Å². The Hall–Kier alpha value is -2.87. The van der Waals surface area contributed by atoms with E-state index in [9.17, 15) is 18.0 Å². The fourth-order valence-electron chi connectivity index (χ4n) is 5.69. The number of piperidine rings is 2. The van der Waals surface area contributed by atoms with Crippen LogP contribution in [0.25, 0.3) is 11.0 Å². The average molecular weight is 499 g/mol. The van der Waals surface area contributed by atoms with E-state index in [-0.39, 0.29) is 11.8 Å². The molecule has 0 saturated carbocycles. The lowest BCUT2D eigenvalue weighted by Crippen LogP contribution is -2.46. The Morgan fingerprint density at radius 1 is 0.861 bits per heavy atom. The number of para-hydroxylation sites is 2. The maximum Gasteiger partial charge on any atom is 0.449 e. The molecule has 0 aliphatic carbocycles. The number of amides is 1. The molecule has 1 amide bonds. The van der Waals surface area contributed by atoms with Crippen LogP contribution >= 0.6 is 0 Å². The van der Waals surface area contributed by atoms with Crippen molar-refractivity contribution in [2.45, 2.75) is 44.8 Å². The smallest absolute Gasteiger partial charge is 0.342 e. The highest BCUT2D eigenvalue weighted by Gasteiger charge is 2.38. The molecule has 8 heteroatoms. The molecule has 3 aromatic rings. The number of carbonyl (C=O) groups excluding carboxylic acids is 1. The number of halogens is 3. The number of hydrogen-bond acceptors (Lipinski definition) is 3. The number of rotatable bonds is 6. The summed E-state index contributed by atoms with van der Waals surface area (Å²) >= 11 is 0. The summed E-state index contributed by atoms with van der Waals surface area (Å²) in [6, 6.07) is 17.3. The molecule has 0 N–H and O–H groups in total. The van der Waals surface area contributed by atoms with Gasteiger partial charge >= 0.3 is 6.18 Å². The van der Waals surface area contributed by atoms with Crippen LogP contribution in [0.5, 0.6) is 0 Å². The Kier molecular flexibility index (Phi) is 7.32. The molecule has 0 spiro atoms. The normalized spacial score (nSPS) is 18.7. The van der Waals surface area contributed by atoms with Gasteiger partial charge in [0.25, 0.3) is 0 Å². The molecular formula is C28H33F3N4O. The van der Waals surface area contributed by atoms with Crippen LogP contribution in [0, 0.1) is 11.8 Å². The molecule has 2 aliphatic heterocycles. The van der Waals surface area contributed by atoms with Crippen LogP contribution in [0.4, 0.5) is 13.2 Å². The highest BCUT2D eigenvalue weighted by molar-refractivity contribution is 5.78. The molecular weight excluding hydrogens is 465 g/mol. The number of carbonyl (C=O) groups is 1. The van der Waals surface area contributed by atoms with Crippen molar-refractivity contribution in [3.05, 3.63) is 66.0 Å². The number of nitrogens with zero attached hydrogens (tertiary/aromatic N) is 4. The molecule has 36 heavy (non-hydrogen) atoms. The molecule has 0 bridgehead atoms. The zero-order chi connectivity index (χ0) is 25.1. The molecule has 5 nitrogen and oxygen atoms in total. The predicted molar refractivity (Wildman–Crippen MR) is 133 cm³/mol. The summed E-state index contributed by atoms with van der Waals surface area (Å²) in [6.45, 7) is 3.77. The van der Waals surface area contributed by atoms with Gasteiger partial charge in [0.2, 0.25) is 11.7 Å². The van der Waals surface area contributed by atoms with Gasteiger partial charge in [-0.3, -0.25) is 9.69 Å². The Labute approximate surface area is 209 Å². The second-order valence-electron chi connectivity index (χ2n) is 10.3. The number of imidazole rings is 1. The number of alkyl halides is 3. The Bertz CT molecular complexity index is 1160. The second kappa shape index (κ2) is 10.6. The lowest BCUT2D eigenvalue weighted by molar-refractivity contribution is -0.147. The van der Waals surface area contributed by atoms with Gasteiger partial charge in [0.15, 0.2) is 0 Å². The van der Waals surface area contributed by atoms with Gasteiger partial charge in [0.05, 0.1) is 17.6 Å². The second-order valence-corrected chi connectivity index (χ2v) is 10.3. The van der Waals surface area contributed by atoms with Gasteiger partial charge in [-0.2, -0.15) is 13.2 Å². The highest BCUT2D eigenvalue weighted by Crippen LogP contribution is 2.33. The van der Waals surface area contributed by atoms with Crippen molar-refractivity contribution < 1.29 is 18.0 Å². The van der Waals surface area contributed by atoms with Crippen molar-refractivity contribution >= 4 is 16.9 Å². The van der Waals surface area contributed by atoms with Gasteiger partial charge in [-0.05, 0) is 74.7 Å². The molecule has 5 rings (SSSR count). The van der Waals surface area contributed by atoms with Gasteiger partial charge in [0, 0.05) is 19.6 Å². The van der Waals surface area contributed by atoms with Crippen molar-refractivity contribution in [1.29, 1.82) is 0 Å². The largest absolute Gasteiger partial charge is 0.449 e. The number of hydrogen-bond donors (Lipinski definition) is 0. The standard InChI is InChI=1S/C28H33F3N4O/c29-28(30,31)27-32-24-8-4-5-9-25(24)35(27)19-23-10-14-33(15-11-23)20-26(36)34-16-12-22(13-17-34)18-21-6-2-1-3-7-21/h1-9,22-23H,10-20H2. The Morgan fingerprint density at radius 3 is 2.19 bits per heavy atom. The first-order chi connectivity index (χ1) is 17.4. The van der Waals surface area contributed by atoms with Crippen LogP contribution < -0.4 is 0 Å². The molecule has 2 fully saturated rings. The average Bonchev–Trinajstić information content (AvgIpc) is 3.25. The molecule has 2 aromatic carbocycles. The summed E-state index contributed by atoms with van der Waals surface area (Å²) in [7, 11) is 0. The van der Waals surface area contributed by atoms with Crippen LogP contribution in [-0.4, -0.2) is 58.0 Å². The van der Waals surface area contributed by atoms with Crippen molar-refractivity contribution in [2.24, 2.45) is 11.8 Å². The lowest BCUT2D eigenvalue weighted by atomic mass is 9.90. The van der Waals surface area contributed by atoms with Crippen molar-refractivity contribution in [2.75, 3.05) is 32.7 Å². The van der Waals surface area contributed by atoms with E-state index in [0.717, 1.165) is 58.3 Å². The number of fused-ring (bicyclic) bond motifs is 1. The summed E-state index contributed by atoms with van der Waals surface area (Å²) in [4.78, 5) is 20.9. The summed E-state index contributed by atoms with van der Waals surface area (Å²) in [5.74, 6) is 0.0976. The maximum absolute atomic E-state index is 13.6. The van der Waals surface area contributed by atoms with E-state index in [4.69, 9.17) is 0 Å². The van der Waals surface area contributed by atoms with Crippen LogP contribution in [0.3, 0.4) is 0 Å². The summed E-state index contributed by atoms with van der Waals surface area (Å²) in [6.07, 6.45) is 0.192. The summed E-state index contributed by atoms with van der Waals surface area (Å²) in [5, 5.41) is 0. The molecule has 2 aliphatic rings. The fourth-order valence-corrected chi connectivity index (χ4v) is 5.69. The van der Waals surface area contributed by atoms with Crippen molar-refractivity contribution in [3.8, 4) is 0 Å². The Morgan fingerprint density at radius 2 is 1.50 bits per heavy atom. The SMILES string of the molecule is O=C(CN1CCC(Cn2c(C(F)(F)F)nc3ccccc32)CC1)N1CCC(Cc2ccccc2)CC1. The number of likely N-dealkylation sites (tertiary alicyclic amines) is 2. The van der Waals surface area contributed by atoms with E-state index in [1.54, 1.807) is 24.3 Å². The molecule has 0 atom stereocenters. The lowest BCUT2D eigenvalue weighted by Gasteiger charge is -2.36. The zero-order valence-corrected chi connectivity index (χ0v) is 20.5. The first-order valence-corrected chi connectivity index (χ1v) is 12.9. The fraction of sp³-hybridized carbons (Fsp3) is 0.500. The van der Waals surface area contributed by atoms with E-state index in [1.165, 1.54) is 10.1 Å². The van der Waals surface area contributed by atoms with Crippen molar-refractivity contribution in [3.63, 3.8) is 0 Å². The summed E-state index contributed by atoms with van der Waals surface area (Å²) in [5.41, 5.74) is 2.26. The molecule has 192 valence electrons. The highest BCUT2D eigenvalue weighted by atomic mass is 19.4. The molecule has 0 radical (unpaired) electrons. The van der Waals surface area contributed by atoms with Gasteiger partial charge in [-0.15, -0.1) is 0 Å². The van der Waals surface area contributed by atoms with E-state index < -0.39 is 12.0 Å². The molecule has 0 unspecified atom stereocenters. The van der Waals surface area contributed by atoms with E-state index in [2.05, 4.69) is 34.1 Å². The van der Waals surface area contributed by atoms with E-state index >= 15 is 0 Å². The van der Waals surface area contributed by atoms with Crippen LogP contribution in [-0.2, 0) is 23.9 Å². The molecule has 1 aromatic heterocycles. The van der Waals surface area contributed by atoms with Crippen LogP contribution in [0.2, 0.25) is 0 Å². The van der Waals surface area contributed by atoms with Gasteiger partial charge in [-0.25, -0.2) is 4.98 Å². The minimum Gasteiger partial charge on any atom is -0.342 e. The third-order valence-corrected chi connectivity index (χ3v) is 7.75. The van der Waals surface area contributed by atoms with E-state index in [0.29, 0.717) is 30.0 Å². The third-order valence-electron chi connectivity index (χ3n) is 7.75. The number of aromatic nitrogens is 2. The van der Waals surface area contributed by atoms with Gasteiger partial charge < -0.3 is 9.47 Å². The topological polar surface area (TPSA) is 41.4 Å². The zero-order valence-electron chi connectivity index (χ0n) is 20.5. The molecule has 2 saturated heterocycles. The van der Waals surface area contributed by atoms with E-state index in [1.807, 2.05) is 11.0 Å². The number of benzene rings is 2. The van der Waals surface area contributed by atoms with Crippen molar-refractivity contribution in [1.82, 2.24) is 19.4 Å². The monoisotopic (exact) mass is 498 g/mol. The minimum absolute atomic E-state index is 0.129. The first kappa shape index (κ1) is 24.8. The predicted octanol–water partition coefficient (Wildman–Crippen LogP) is 5.25. The quantitative estimate of drug-likeness (QED) is 0.466. The Balaban J connectivity index is 1.10. The third kappa shape index (κ3) is 5.75. The molecule has 3 heterocycles.